The summed E-state index contributed by atoms with van der Waals surface area (Å²) in [6.07, 6.45) is 1.80. The lowest BCUT2D eigenvalue weighted by molar-refractivity contribution is 0.469. The van der Waals surface area contributed by atoms with Crippen molar-refractivity contribution in [1.82, 2.24) is 10.3 Å². The number of nitrogens with zero attached hydrogens (tertiary/aromatic N) is 1. The maximum absolute atomic E-state index is 13.8. The van der Waals surface area contributed by atoms with Crippen molar-refractivity contribution >= 4 is 0 Å². The van der Waals surface area contributed by atoms with Gasteiger partial charge < -0.3 is 5.32 Å². The first kappa shape index (κ1) is 14.7. The van der Waals surface area contributed by atoms with Crippen LogP contribution in [0.4, 0.5) is 4.39 Å². The van der Waals surface area contributed by atoms with Crippen molar-refractivity contribution in [3.05, 3.63) is 65.2 Å². The molecule has 0 aliphatic rings. The summed E-state index contributed by atoms with van der Waals surface area (Å²) < 4.78 is 13.8. The van der Waals surface area contributed by atoms with Crippen molar-refractivity contribution in [2.45, 2.75) is 32.7 Å². The Kier molecular flexibility index (Phi) is 4.85. The number of hydrogen-bond acceptors (Lipinski definition) is 2. The van der Waals surface area contributed by atoms with Crippen LogP contribution >= 0.6 is 0 Å². The minimum absolute atomic E-state index is 0.0602. The summed E-state index contributed by atoms with van der Waals surface area (Å²) >= 11 is 0. The van der Waals surface area contributed by atoms with Gasteiger partial charge in [-0.05, 0) is 42.8 Å². The summed E-state index contributed by atoms with van der Waals surface area (Å²) in [5, 5.41) is 3.44. The third-order valence-corrected chi connectivity index (χ3v) is 3.63. The molecule has 0 fully saturated rings. The molecule has 106 valence electrons. The van der Waals surface area contributed by atoms with Crippen LogP contribution in [0.15, 0.2) is 42.6 Å². The molecular formula is C17H21FN2. The number of pyridine rings is 1. The van der Waals surface area contributed by atoms with Crippen LogP contribution in [0.2, 0.25) is 0 Å². The summed E-state index contributed by atoms with van der Waals surface area (Å²) in [5.74, 6) is 0.0249. The smallest absolute Gasteiger partial charge is 0.126 e. The lowest BCUT2D eigenvalue weighted by atomic mass is 9.91. The van der Waals surface area contributed by atoms with E-state index in [-0.39, 0.29) is 17.8 Å². The molecule has 0 aliphatic carbocycles. The second-order valence-electron chi connectivity index (χ2n) is 5.09. The van der Waals surface area contributed by atoms with E-state index < -0.39 is 0 Å². The second kappa shape index (κ2) is 6.62. The zero-order chi connectivity index (χ0) is 14.5. The summed E-state index contributed by atoms with van der Waals surface area (Å²) in [6.45, 7) is 6.79. The first-order valence-electron chi connectivity index (χ1n) is 7.03. The normalized spacial score (nSPS) is 14.0. The van der Waals surface area contributed by atoms with Gasteiger partial charge in [-0.2, -0.15) is 0 Å². The van der Waals surface area contributed by atoms with E-state index in [4.69, 9.17) is 0 Å². The van der Waals surface area contributed by atoms with Gasteiger partial charge in [0, 0.05) is 23.9 Å². The minimum Gasteiger partial charge on any atom is -0.310 e. The molecule has 20 heavy (non-hydrogen) atoms. The van der Waals surface area contributed by atoms with Crippen molar-refractivity contribution in [2.24, 2.45) is 0 Å². The van der Waals surface area contributed by atoms with Gasteiger partial charge in [0.25, 0.3) is 0 Å². The zero-order valence-electron chi connectivity index (χ0n) is 12.2. The van der Waals surface area contributed by atoms with Gasteiger partial charge in [-0.3, -0.25) is 4.98 Å². The number of rotatable bonds is 5. The predicted molar refractivity (Wildman–Crippen MR) is 80.2 cm³/mol. The summed E-state index contributed by atoms with van der Waals surface area (Å²) in [5.41, 5.74) is 2.65. The molecule has 0 saturated carbocycles. The Labute approximate surface area is 120 Å². The van der Waals surface area contributed by atoms with Gasteiger partial charge in [0.1, 0.15) is 5.82 Å². The van der Waals surface area contributed by atoms with Crippen LogP contribution in [-0.4, -0.2) is 11.5 Å². The molecule has 0 spiro atoms. The average molecular weight is 272 g/mol. The van der Waals surface area contributed by atoms with E-state index in [0.29, 0.717) is 5.56 Å². The fourth-order valence-corrected chi connectivity index (χ4v) is 2.42. The number of hydrogen-bond donors (Lipinski definition) is 1. The molecule has 1 N–H and O–H groups in total. The van der Waals surface area contributed by atoms with Crippen molar-refractivity contribution in [2.75, 3.05) is 6.54 Å². The quantitative estimate of drug-likeness (QED) is 0.890. The van der Waals surface area contributed by atoms with Crippen LogP contribution in [0.25, 0.3) is 0 Å². The van der Waals surface area contributed by atoms with Crippen molar-refractivity contribution in [3.8, 4) is 0 Å². The first-order chi connectivity index (χ1) is 9.63. The Morgan fingerprint density at radius 1 is 1.25 bits per heavy atom. The van der Waals surface area contributed by atoms with Crippen LogP contribution in [0.5, 0.6) is 0 Å². The van der Waals surface area contributed by atoms with E-state index in [9.17, 15) is 4.39 Å². The van der Waals surface area contributed by atoms with Crippen LogP contribution in [0.1, 0.15) is 42.6 Å². The summed E-state index contributed by atoms with van der Waals surface area (Å²) in [4.78, 5) is 4.41. The van der Waals surface area contributed by atoms with E-state index in [1.807, 2.05) is 30.3 Å². The molecule has 3 heteroatoms. The molecule has 1 heterocycles. The largest absolute Gasteiger partial charge is 0.310 e. The Bertz CT molecular complexity index is 554. The fourth-order valence-electron chi connectivity index (χ4n) is 2.42. The second-order valence-corrected chi connectivity index (χ2v) is 5.09. The standard InChI is InChI=1S/C17H21FN2/c1-4-19-17(13(3)16-7-5-6-10-20-16)14-9-8-12(2)15(18)11-14/h5-11,13,17,19H,4H2,1-3H3. The molecule has 1 aromatic carbocycles. The monoisotopic (exact) mass is 272 g/mol. The molecule has 2 nitrogen and oxygen atoms in total. The molecule has 0 aliphatic heterocycles. The lowest BCUT2D eigenvalue weighted by Crippen LogP contribution is -2.26. The van der Waals surface area contributed by atoms with Crippen LogP contribution < -0.4 is 5.32 Å². The maximum atomic E-state index is 13.8. The maximum Gasteiger partial charge on any atom is 0.126 e. The van der Waals surface area contributed by atoms with E-state index in [1.54, 1.807) is 19.2 Å². The molecule has 2 rings (SSSR count). The summed E-state index contributed by atoms with van der Waals surface area (Å²) in [6, 6.07) is 11.4. The fraction of sp³-hybridized carbons (Fsp3) is 0.353. The highest BCUT2D eigenvalue weighted by atomic mass is 19.1. The Balaban J connectivity index is 2.33. The number of halogens is 1. The molecule has 2 unspecified atom stereocenters. The molecule has 0 saturated heterocycles. The molecule has 2 aromatic rings. The van der Waals surface area contributed by atoms with Crippen molar-refractivity contribution in [1.29, 1.82) is 0 Å². The number of aromatic nitrogens is 1. The number of benzene rings is 1. The molecule has 2 atom stereocenters. The molecule has 0 amide bonds. The van der Waals surface area contributed by atoms with E-state index in [2.05, 4.69) is 24.1 Å². The Hall–Kier alpha value is -1.74. The highest BCUT2D eigenvalue weighted by Crippen LogP contribution is 2.30. The highest BCUT2D eigenvalue weighted by molar-refractivity contribution is 5.28. The topological polar surface area (TPSA) is 24.9 Å². The zero-order valence-corrected chi connectivity index (χ0v) is 12.2. The summed E-state index contributed by atoms with van der Waals surface area (Å²) in [7, 11) is 0. The highest BCUT2D eigenvalue weighted by Gasteiger charge is 2.21. The van der Waals surface area contributed by atoms with Gasteiger partial charge >= 0.3 is 0 Å². The number of nitrogens with one attached hydrogen (secondary N) is 1. The Morgan fingerprint density at radius 3 is 2.65 bits per heavy atom. The van der Waals surface area contributed by atoms with Gasteiger partial charge in [0.15, 0.2) is 0 Å². The Morgan fingerprint density at radius 2 is 2.05 bits per heavy atom. The van der Waals surface area contributed by atoms with Crippen LogP contribution in [0, 0.1) is 12.7 Å². The van der Waals surface area contributed by atoms with Gasteiger partial charge in [-0.25, -0.2) is 4.39 Å². The number of likely N-dealkylation sites (N-methyl/N-ethyl adjacent to an activating group) is 1. The molecular weight excluding hydrogens is 251 g/mol. The average Bonchev–Trinajstić information content (AvgIpc) is 2.48. The van der Waals surface area contributed by atoms with Crippen molar-refractivity contribution in [3.63, 3.8) is 0 Å². The lowest BCUT2D eigenvalue weighted by Gasteiger charge is -2.25. The van der Waals surface area contributed by atoms with Gasteiger partial charge in [-0.15, -0.1) is 0 Å². The van der Waals surface area contributed by atoms with Crippen molar-refractivity contribution < 1.29 is 4.39 Å². The first-order valence-corrected chi connectivity index (χ1v) is 7.03. The molecule has 0 radical (unpaired) electrons. The third kappa shape index (κ3) is 3.23. The minimum atomic E-state index is -0.154. The van der Waals surface area contributed by atoms with Gasteiger partial charge in [0.05, 0.1) is 0 Å². The van der Waals surface area contributed by atoms with Crippen LogP contribution in [0.3, 0.4) is 0 Å². The van der Waals surface area contributed by atoms with Gasteiger partial charge in [-0.1, -0.05) is 32.0 Å². The van der Waals surface area contributed by atoms with E-state index in [0.717, 1.165) is 17.8 Å². The SMILES string of the molecule is CCNC(c1ccc(C)c(F)c1)C(C)c1ccccn1. The molecule has 1 aromatic heterocycles. The molecule has 0 bridgehead atoms. The number of aryl methyl sites for hydroxylation is 1. The predicted octanol–water partition coefficient (Wildman–Crippen LogP) is 3.98. The van der Waals surface area contributed by atoms with Crippen LogP contribution in [-0.2, 0) is 0 Å². The third-order valence-electron chi connectivity index (χ3n) is 3.63. The van der Waals surface area contributed by atoms with E-state index in [1.165, 1.54) is 0 Å². The van der Waals surface area contributed by atoms with E-state index >= 15 is 0 Å². The van der Waals surface area contributed by atoms with Gasteiger partial charge in [0.2, 0.25) is 0 Å².